The number of pyridine rings is 1. The normalized spacial score (nSPS) is 12.0. The number of aromatic nitrogens is 1. The summed E-state index contributed by atoms with van der Waals surface area (Å²) in [4.78, 5) is 17.5. The zero-order valence-corrected chi connectivity index (χ0v) is 10.1. The maximum Gasteiger partial charge on any atom is 0.255 e. The summed E-state index contributed by atoms with van der Waals surface area (Å²) in [6.45, 7) is 2.18. The molecule has 6 heteroatoms. The first-order valence-electron chi connectivity index (χ1n) is 5.40. The summed E-state index contributed by atoms with van der Waals surface area (Å²) < 4.78 is 0. The molecule has 0 bridgehead atoms. The summed E-state index contributed by atoms with van der Waals surface area (Å²) in [5.41, 5.74) is 3.39. The van der Waals surface area contributed by atoms with Gasteiger partial charge in [0.1, 0.15) is 0 Å². The van der Waals surface area contributed by atoms with E-state index in [-0.39, 0.29) is 5.91 Å². The molecule has 4 N–H and O–H groups in total. The van der Waals surface area contributed by atoms with Crippen molar-refractivity contribution >= 4 is 11.6 Å². The average Bonchev–Trinajstić information content (AvgIpc) is 2.34. The van der Waals surface area contributed by atoms with Gasteiger partial charge in [-0.2, -0.15) is 0 Å². The first-order valence-corrected chi connectivity index (χ1v) is 5.40. The number of carbonyl (C=O) groups is 1. The number of nitrogens with two attached hydrogens (primary N) is 1. The lowest BCUT2D eigenvalue weighted by molar-refractivity contribution is 0.0770. The molecule has 1 atom stereocenters. The second-order valence-electron chi connectivity index (χ2n) is 3.93. The number of aliphatic hydroxyl groups is 1. The molecule has 94 valence electrons. The number of hydrazine groups is 1. The Hall–Kier alpha value is -1.66. The average molecular weight is 238 g/mol. The first-order chi connectivity index (χ1) is 8.06. The number of amides is 1. The Kier molecular flexibility index (Phi) is 4.86. The summed E-state index contributed by atoms with van der Waals surface area (Å²) in [5.74, 6) is 5.16. The Morgan fingerprint density at radius 1 is 1.71 bits per heavy atom. The Labute approximate surface area is 100 Å². The van der Waals surface area contributed by atoms with Crippen molar-refractivity contribution in [2.45, 2.75) is 19.4 Å². The predicted molar refractivity (Wildman–Crippen MR) is 65.3 cm³/mol. The molecule has 0 aromatic carbocycles. The standard InChI is InChI=1S/C11H18N4O2/c1-8(16)4-6-15(2)11(17)9-3-5-13-7-10(9)14-12/h3,5,7-8,14,16H,4,6,12H2,1-2H3. The Balaban J connectivity index is 2.74. The van der Waals surface area contributed by atoms with Gasteiger partial charge in [0.15, 0.2) is 0 Å². The number of hydrogen-bond acceptors (Lipinski definition) is 5. The van der Waals surface area contributed by atoms with Gasteiger partial charge in [-0.05, 0) is 19.4 Å². The molecule has 1 unspecified atom stereocenters. The third-order valence-electron chi connectivity index (χ3n) is 2.44. The molecule has 1 aromatic heterocycles. The van der Waals surface area contributed by atoms with Crippen molar-refractivity contribution in [1.29, 1.82) is 0 Å². The van der Waals surface area contributed by atoms with Gasteiger partial charge in [-0.25, -0.2) is 0 Å². The van der Waals surface area contributed by atoms with E-state index in [1.54, 1.807) is 24.9 Å². The number of anilines is 1. The number of nitrogen functional groups attached to an aromatic ring is 1. The molecule has 1 rings (SSSR count). The number of carbonyl (C=O) groups excluding carboxylic acids is 1. The Morgan fingerprint density at radius 2 is 2.41 bits per heavy atom. The van der Waals surface area contributed by atoms with Crippen LogP contribution in [0.1, 0.15) is 23.7 Å². The highest BCUT2D eigenvalue weighted by molar-refractivity contribution is 5.99. The number of rotatable bonds is 5. The van der Waals surface area contributed by atoms with Crippen molar-refractivity contribution in [3.8, 4) is 0 Å². The van der Waals surface area contributed by atoms with Gasteiger partial charge in [0, 0.05) is 19.8 Å². The molecule has 0 fully saturated rings. The van der Waals surface area contributed by atoms with Crippen LogP contribution >= 0.6 is 0 Å². The highest BCUT2D eigenvalue weighted by Gasteiger charge is 2.15. The molecule has 0 aliphatic heterocycles. The maximum atomic E-state index is 12.1. The van der Waals surface area contributed by atoms with Crippen LogP contribution in [0.2, 0.25) is 0 Å². The maximum absolute atomic E-state index is 12.1. The van der Waals surface area contributed by atoms with Crippen LogP contribution in [0.5, 0.6) is 0 Å². The Bertz CT molecular complexity index is 381. The summed E-state index contributed by atoms with van der Waals surface area (Å²) in [6, 6.07) is 1.61. The number of nitrogens with zero attached hydrogens (tertiary/aromatic N) is 2. The van der Waals surface area contributed by atoms with Crippen molar-refractivity contribution < 1.29 is 9.90 Å². The van der Waals surface area contributed by atoms with Crippen LogP contribution in [0.4, 0.5) is 5.69 Å². The smallest absolute Gasteiger partial charge is 0.255 e. The summed E-state index contributed by atoms with van der Waals surface area (Å²) in [7, 11) is 1.69. The molecule has 1 aromatic rings. The Morgan fingerprint density at radius 3 is 3.00 bits per heavy atom. The highest BCUT2D eigenvalue weighted by atomic mass is 16.3. The second kappa shape index (κ2) is 6.17. The van der Waals surface area contributed by atoms with Crippen LogP contribution in [-0.2, 0) is 0 Å². The third-order valence-corrected chi connectivity index (χ3v) is 2.44. The fourth-order valence-electron chi connectivity index (χ4n) is 1.38. The van der Waals surface area contributed by atoms with Crippen molar-refractivity contribution in [3.05, 3.63) is 24.0 Å². The predicted octanol–water partition coefficient (Wildman–Crippen LogP) is 0.210. The molecule has 0 saturated heterocycles. The van der Waals surface area contributed by atoms with Crippen LogP contribution in [0, 0.1) is 0 Å². The van der Waals surface area contributed by atoms with Crippen LogP contribution in [0.15, 0.2) is 18.5 Å². The lowest BCUT2D eigenvalue weighted by Gasteiger charge is -2.19. The van der Waals surface area contributed by atoms with Crippen LogP contribution < -0.4 is 11.3 Å². The van der Waals surface area contributed by atoms with E-state index in [0.29, 0.717) is 24.2 Å². The van der Waals surface area contributed by atoms with Gasteiger partial charge in [-0.15, -0.1) is 0 Å². The van der Waals surface area contributed by atoms with Gasteiger partial charge >= 0.3 is 0 Å². The largest absolute Gasteiger partial charge is 0.393 e. The first kappa shape index (κ1) is 13.4. The minimum Gasteiger partial charge on any atom is -0.393 e. The van der Waals surface area contributed by atoms with Gasteiger partial charge < -0.3 is 15.4 Å². The monoisotopic (exact) mass is 238 g/mol. The number of nitrogens with one attached hydrogen (secondary N) is 1. The summed E-state index contributed by atoms with van der Waals surface area (Å²) in [6.07, 6.45) is 3.15. The number of aliphatic hydroxyl groups excluding tert-OH is 1. The molecule has 0 saturated carbocycles. The van der Waals surface area contributed by atoms with E-state index in [2.05, 4.69) is 10.4 Å². The van der Waals surface area contributed by atoms with Gasteiger partial charge in [0.05, 0.1) is 23.6 Å². The van der Waals surface area contributed by atoms with E-state index < -0.39 is 6.10 Å². The van der Waals surface area contributed by atoms with Gasteiger partial charge in [0.25, 0.3) is 5.91 Å². The summed E-state index contributed by atoms with van der Waals surface area (Å²) in [5, 5.41) is 9.17. The van der Waals surface area contributed by atoms with Crippen LogP contribution in [0.25, 0.3) is 0 Å². The van der Waals surface area contributed by atoms with E-state index in [4.69, 9.17) is 5.84 Å². The van der Waals surface area contributed by atoms with Crippen molar-refractivity contribution in [2.75, 3.05) is 19.0 Å². The molecule has 0 aliphatic carbocycles. The van der Waals surface area contributed by atoms with Crippen LogP contribution in [0.3, 0.4) is 0 Å². The highest BCUT2D eigenvalue weighted by Crippen LogP contribution is 2.14. The molecular weight excluding hydrogens is 220 g/mol. The van der Waals surface area contributed by atoms with Crippen LogP contribution in [-0.4, -0.2) is 40.6 Å². The fraction of sp³-hybridized carbons (Fsp3) is 0.455. The molecule has 17 heavy (non-hydrogen) atoms. The van der Waals surface area contributed by atoms with E-state index in [0.717, 1.165) is 0 Å². The van der Waals surface area contributed by atoms with Crippen molar-refractivity contribution in [2.24, 2.45) is 5.84 Å². The molecule has 0 radical (unpaired) electrons. The van der Waals surface area contributed by atoms with Crippen molar-refractivity contribution in [1.82, 2.24) is 9.88 Å². The molecular formula is C11H18N4O2. The molecule has 6 nitrogen and oxygen atoms in total. The van der Waals surface area contributed by atoms with Crippen molar-refractivity contribution in [3.63, 3.8) is 0 Å². The minimum absolute atomic E-state index is 0.152. The van der Waals surface area contributed by atoms with E-state index in [9.17, 15) is 9.90 Å². The summed E-state index contributed by atoms with van der Waals surface area (Å²) >= 11 is 0. The number of hydrogen-bond donors (Lipinski definition) is 3. The van der Waals surface area contributed by atoms with E-state index >= 15 is 0 Å². The quantitative estimate of drug-likeness (QED) is 0.504. The fourth-order valence-corrected chi connectivity index (χ4v) is 1.38. The van der Waals surface area contributed by atoms with Gasteiger partial charge in [-0.3, -0.25) is 15.6 Å². The second-order valence-corrected chi connectivity index (χ2v) is 3.93. The molecule has 0 aliphatic rings. The lowest BCUT2D eigenvalue weighted by atomic mass is 10.2. The SMILES string of the molecule is CC(O)CCN(C)C(=O)c1ccncc1NN. The zero-order valence-electron chi connectivity index (χ0n) is 10.1. The molecule has 1 amide bonds. The third kappa shape index (κ3) is 3.69. The lowest BCUT2D eigenvalue weighted by Crippen LogP contribution is -2.30. The van der Waals surface area contributed by atoms with E-state index in [1.807, 2.05) is 0 Å². The molecule has 0 spiro atoms. The minimum atomic E-state index is -0.421. The van der Waals surface area contributed by atoms with E-state index in [1.165, 1.54) is 12.4 Å². The molecule has 1 heterocycles. The van der Waals surface area contributed by atoms with Gasteiger partial charge in [-0.1, -0.05) is 0 Å². The van der Waals surface area contributed by atoms with Gasteiger partial charge in [0.2, 0.25) is 0 Å². The topological polar surface area (TPSA) is 91.5 Å². The zero-order chi connectivity index (χ0) is 12.8.